The highest BCUT2D eigenvalue weighted by Crippen LogP contribution is 2.58. The van der Waals surface area contributed by atoms with E-state index in [-0.39, 0.29) is 0 Å². The van der Waals surface area contributed by atoms with Crippen LogP contribution in [0.4, 0.5) is 0 Å². The third-order valence-corrected chi connectivity index (χ3v) is 4.94. The molecular weight excluding hydrogens is 254 g/mol. The zero-order valence-electron chi connectivity index (χ0n) is 12.2. The molecule has 1 fully saturated rings. The number of hydrogen-bond acceptors (Lipinski definition) is 2. The van der Waals surface area contributed by atoms with Gasteiger partial charge in [-0.1, -0.05) is 33.3 Å². The van der Waals surface area contributed by atoms with Crippen LogP contribution >= 0.6 is 12.2 Å². The van der Waals surface area contributed by atoms with E-state index in [2.05, 4.69) is 42.7 Å². The molecule has 3 nitrogen and oxygen atoms in total. The van der Waals surface area contributed by atoms with Crippen LogP contribution < -0.4 is 10.7 Å². The predicted molar refractivity (Wildman–Crippen MR) is 85.2 cm³/mol. The van der Waals surface area contributed by atoms with Crippen LogP contribution in [0.15, 0.2) is 16.8 Å². The second-order valence-corrected chi connectivity index (χ2v) is 6.63. The lowest BCUT2D eigenvalue weighted by Gasteiger charge is -2.55. The molecule has 0 saturated heterocycles. The van der Waals surface area contributed by atoms with Crippen molar-refractivity contribution in [2.45, 2.75) is 46.5 Å². The Kier molecular flexibility index (Phi) is 4.61. The van der Waals surface area contributed by atoms with Gasteiger partial charge in [0.25, 0.3) is 0 Å². The number of hydrazone groups is 1. The summed E-state index contributed by atoms with van der Waals surface area (Å²) in [5, 5.41) is 8.03. The van der Waals surface area contributed by atoms with Crippen LogP contribution in [0.3, 0.4) is 0 Å². The molecule has 0 aromatic carbocycles. The maximum atomic E-state index is 5.16. The van der Waals surface area contributed by atoms with Crippen LogP contribution in [-0.2, 0) is 0 Å². The summed E-state index contributed by atoms with van der Waals surface area (Å²) in [4.78, 5) is 0. The molecule has 4 heteroatoms. The van der Waals surface area contributed by atoms with Gasteiger partial charge in [-0.2, -0.15) is 5.10 Å². The van der Waals surface area contributed by atoms with E-state index < -0.39 is 0 Å². The van der Waals surface area contributed by atoms with E-state index in [4.69, 9.17) is 12.2 Å². The highest BCUT2D eigenvalue weighted by atomic mass is 32.1. The maximum absolute atomic E-state index is 5.16. The molecule has 3 aliphatic rings. The number of rotatable bonds is 5. The van der Waals surface area contributed by atoms with Gasteiger partial charge in [-0.05, 0) is 54.3 Å². The highest BCUT2D eigenvalue weighted by Gasteiger charge is 2.50. The van der Waals surface area contributed by atoms with Crippen molar-refractivity contribution in [2.75, 3.05) is 6.54 Å². The molecular formula is C15H25N3S. The summed E-state index contributed by atoms with van der Waals surface area (Å²) in [6.45, 7) is 7.82. The Labute approximate surface area is 121 Å². The van der Waals surface area contributed by atoms with E-state index in [1.54, 1.807) is 0 Å². The fourth-order valence-electron chi connectivity index (χ4n) is 3.13. The average molecular weight is 279 g/mol. The van der Waals surface area contributed by atoms with Crippen molar-refractivity contribution in [2.24, 2.45) is 22.4 Å². The molecule has 0 spiro atoms. The largest absolute Gasteiger partial charge is 0.361 e. The van der Waals surface area contributed by atoms with E-state index >= 15 is 0 Å². The number of allylic oxidation sites excluding steroid dienone is 2. The van der Waals surface area contributed by atoms with E-state index in [0.29, 0.717) is 16.4 Å². The quantitative estimate of drug-likeness (QED) is 0.351. The lowest BCUT2D eigenvalue weighted by atomic mass is 9.49. The minimum absolute atomic E-state index is 0.454. The first-order chi connectivity index (χ1) is 9.05. The van der Waals surface area contributed by atoms with Crippen molar-refractivity contribution < 1.29 is 0 Å². The molecule has 3 rings (SSSR count). The Hall–Kier alpha value is -0.900. The molecule has 2 bridgehead atoms. The second kappa shape index (κ2) is 6.04. The summed E-state index contributed by atoms with van der Waals surface area (Å²) in [6.07, 6.45) is 9.12. The van der Waals surface area contributed by atoms with Crippen LogP contribution in [0.5, 0.6) is 0 Å². The first-order valence-corrected chi connectivity index (χ1v) is 7.73. The predicted octanol–water partition coefficient (Wildman–Crippen LogP) is 3.23. The zero-order chi connectivity index (χ0) is 13.9. The molecule has 2 atom stereocenters. The highest BCUT2D eigenvalue weighted by molar-refractivity contribution is 7.80. The number of thiocarbonyl (C=S) groups is 1. The third kappa shape index (κ3) is 3.16. The van der Waals surface area contributed by atoms with E-state index in [1.165, 1.54) is 24.8 Å². The van der Waals surface area contributed by atoms with Crippen LogP contribution in [0, 0.1) is 17.3 Å². The topological polar surface area (TPSA) is 36.4 Å². The van der Waals surface area contributed by atoms with Gasteiger partial charge in [0.1, 0.15) is 0 Å². The Morgan fingerprint density at radius 2 is 2.37 bits per heavy atom. The summed E-state index contributed by atoms with van der Waals surface area (Å²) in [5.74, 6) is 1.55. The summed E-state index contributed by atoms with van der Waals surface area (Å²) < 4.78 is 0. The van der Waals surface area contributed by atoms with E-state index in [1.807, 2.05) is 6.21 Å². The lowest BCUT2D eigenvalue weighted by Crippen LogP contribution is -2.48. The van der Waals surface area contributed by atoms with Crippen LogP contribution in [0.1, 0.15) is 46.5 Å². The van der Waals surface area contributed by atoms with Crippen molar-refractivity contribution in [3.05, 3.63) is 11.6 Å². The molecule has 2 N–H and O–H groups in total. The van der Waals surface area contributed by atoms with Crippen LogP contribution in [0.2, 0.25) is 0 Å². The molecule has 0 heterocycles. The second-order valence-electron chi connectivity index (χ2n) is 6.23. The fourth-order valence-corrected chi connectivity index (χ4v) is 3.28. The minimum atomic E-state index is 0.454. The standard InChI is InChI=1S/C15H25N3S/c1-4-5-8-16-14(19)18-17-10-11-6-7-12-9-13(11)15(12,2)3/h6,10,12-13H,4-5,7-9H2,1-3H3,(H2,16,18,19)/t12-,13+/m0/s1. The Morgan fingerprint density at radius 1 is 1.58 bits per heavy atom. The van der Waals surface area contributed by atoms with Crippen molar-refractivity contribution in [3.63, 3.8) is 0 Å². The molecule has 0 radical (unpaired) electrons. The number of nitrogens with one attached hydrogen (secondary N) is 2. The van der Waals surface area contributed by atoms with Gasteiger partial charge >= 0.3 is 0 Å². The molecule has 0 aliphatic heterocycles. The van der Waals surface area contributed by atoms with Crippen molar-refractivity contribution in [1.29, 1.82) is 0 Å². The van der Waals surface area contributed by atoms with E-state index in [9.17, 15) is 0 Å². The van der Waals surface area contributed by atoms with Crippen LogP contribution in [-0.4, -0.2) is 17.9 Å². The third-order valence-electron chi connectivity index (χ3n) is 4.71. The van der Waals surface area contributed by atoms with Gasteiger partial charge in [0.15, 0.2) is 5.11 Å². The smallest absolute Gasteiger partial charge is 0.186 e. The molecule has 19 heavy (non-hydrogen) atoms. The molecule has 1 saturated carbocycles. The first kappa shape index (κ1) is 14.5. The monoisotopic (exact) mass is 279 g/mol. The fraction of sp³-hybridized carbons (Fsp3) is 0.733. The number of nitrogens with zero attached hydrogens (tertiary/aromatic N) is 1. The van der Waals surface area contributed by atoms with Gasteiger partial charge in [-0.3, -0.25) is 5.43 Å². The summed E-state index contributed by atoms with van der Waals surface area (Å²) in [7, 11) is 0. The average Bonchev–Trinajstić information content (AvgIpc) is 2.39. The van der Waals surface area contributed by atoms with E-state index in [0.717, 1.165) is 18.9 Å². The number of fused-ring (bicyclic) bond motifs is 1. The van der Waals surface area contributed by atoms with Gasteiger partial charge in [-0.15, -0.1) is 0 Å². The summed E-state index contributed by atoms with van der Waals surface area (Å²) in [5.41, 5.74) is 4.73. The van der Waals surface area contributed by atoms with Gasteiger partial charge in [-0.25, -0.2) is 0 Å². The Bertz CT molecular complexity index is 398. The molecule has 0 aromatic heterocycles. The molecule has 106 valence electrons. The maximum Gasteiger partial charge on any atom is 0.186 e. The Balaban J connectivity index is 1.77. The number of unbranched alkanes of at least 4 members (excludes halogenated alkanes) is 1. The van der Waals surface area contributed by atoms with Gasteiger partial charge in [0, 0.05) is 6.54 Å². The van der Waals surface area contributed by atoms with Crippen molar-refractivity contribution >= 4 is 23.5 Å². The normalized spacial score (nSPS) is 27.6. The molecule has 0 unspecified atom stereocenters. The summed E-state index contributed by atoms with van der Waals surface area (Å²) >= 11 is 5.16. The SMILES string of the molecule is CCCCNC(=S)NN=CC1=CC[C@H]2C[C@H]1C2(C)C. The summed E-state index contributed by atoms with van der Waals surface area (Å²) in [6, 6.07) is 0. The number of hydrogen-bond donors (Lipinski definition) is 2. The molecule has 0 aromatic rings. The van der Waals surface area contributed by atoms with Gasteiger partial charge in [0.05, 0.1) is 6.21 Å². The molecule has 0 amide bonds. The lowest BCUT2D eigenvalue weighted by molar-refractivity contribution is -0.00126. The van der Waals surface area contributed by atoms with Gasteiger partial charge < -0.3 is 5.32 Å². The Morgan fingerprint density at radius 3 is 3.00 bits per heavy atom. The van der Waals surface area contributed by atoms with Gasteiger partial charge in [0.2, 0.25) is 0 Å². The minimum Gasteiger partial charge on any atom is -0.361 e. The van der Waals surface area contributed by atoms with Crippen LogP contribution in [0.25, 0.3) is 0 Å². The first-order valence-electron chi connectivity index (χ1n) is 7.32. The van der Waals surface area contributed by atoms with Crippen molar-refractivity contribution in [1.82, 2.24) is 10.7 Å². The van der Waals surface area contributed by atoms with Crippen molar-refractivity contribution in [3.8, 4) is 0 Å². The zero-order valence-corrected chi connectivity index (χ0v) is 13.0. The molecule has 3 aliphatic carbocycles.